The molecule has 0 saturated heterocycles. The molecule has 0 unspecified atom stereocenters. The minimum atomic E-state index is 1.24. The summed E-state index contributed by atoms with van der Waals surface area (Å²) in [5, 5.41) is 6.28. The molecule has 0 saturated carbocycles. The van der Waals surface area contributed by atoms with Gasteiger partial charge in [0.2, 0.25) is 0 Å². The quantitative estimate of drug-likeness (QED) is 0.608. The summed E-state index contributed by atoms with van der Waals surface area (Å²) in [7, 11) is 0. The van der Waals surface area contributed by atoms with E-state index in [4.69, 9.17) is 0 Å². The Labute approximate surface area is 67.8 Å². The van der Waals surface area contributed by atoms with Crippen molar-refractivity contribution in [2.75, 3.05) is 0 Å². The lowest BCUT2D eigenvalue weighted by Crippen LogP contribution is -1.58. The molecule has 2 heterocycles. The van der Waals surface area contributed by atoms with Crippen LogP contribution in [0.5, 0.6) is 0 Å². The van der Waals surface area contributed by atoms with Gasteiger partial charge in [0.25, 0.3) is 0 Å². The van der Waals surface area contributed by atoms with Gasteiger partial charge in [-0.2, -0.15) is 11.3 Å². The van der Waals surface area contributed by atoms with E-state index in [2.05, 4.69) is 22.9 Å². The van der Waals surface area contributed by atoms with E-state index in [0.29, 0.717) is 0 Å². The third kappa shape index (κ3) is 1.00. The van der Waals surface area contributed by atoms with Crippen molar-refractivity contribution in [3.8, 4) is 10.4 Å². The highest BCUT2D eigenvalue weighted by Gasteiger charge is 1.96. The van der Waals surface area contributed by atoms with Crippen molar-refractivity contribution in [3.05, 3.63) is 34.3 Å². The van der Waals surface area contributed by atoms with Crippen molar-refractivity contribution < 1.29 is 0 Å². The van der Waals surface area contributed by atoms with Crippen molar-refractivity contribution >= 4 is 22.7 Å². The summed E-state index contributed by atoms with van der Waals surface area (Å²) in [5.74, 6) is 0. The smallest absolute Gasteiger partial charge is 0.0429 e. The van der Waals surface area contributed by atoms with Crippen molar-refractivity contribution in [3.63, 3.8) is 0 Å². The number of hydrogen-bond acceptors (Lipinski definition) is 2. The lowest BCUT2D eigenvalue weighted by molar-refractivity contribution is 1.87. The standard InChI is InChI=1S/C8H5S2/c1-2-8(10-4-1)7-3-5-9-6-7/h1,3-6H. The highest BCUT2D eigenvalue weighted by atomic mass is 32.1. The molecule has 0 spiro atoms. The highest BCUT2D eigenvalue weighted by Crippen LogP contribution is 2.25. The van der Waals surface area contributed by atoms with Crippen LogP contribution in [0.3, 0.4) is 0 Å². The van der Waals surface area contributed by atoms with E-state index < -0.39 is 0 Å². The van der Waals surface area contributed by atoms with E-state index in [1.165, 1.54) is 10.4 Å². The molecular weight excluding hydrogens is 160 g/mol. The Morgan fingerprint density at radius 2 is 2.30 bits per heavy atom. The van der Waals surface area contributed by atoms with Crippen LogP contribution in [-0.4, -0.2) is 0 Å². The van der Waals surface area contributed by atoms with Crippen molar-refractivity contribution in [2.24, 2.45) is 0 Å². The van der Waals surface area contributed by atoms with E-state index in [0.717, 1.165) is 0 Å². The lowest BCUT2D eigenvalue weighted by atomic mass is 10.3. The van der Waals surface area contributed by atoms with Gasteiger partial charge in [0.15, 0.2) is 0 Å². The molecule has 0 atom stereocenters. The summed E-state index contributed by atoms with van der Waals surface area (Å²) >= 11 is 3.46. The zero-order chi connectivity index (χ0) is 6.81. The van der Waals surface area contributed by atoms with Gasteiger partial charge in [-0.05, 0) is 28.3 Å². The minimum absolute atomic E-state index is 1.24. The van der Waals surface area contributed by atoms with Crippen LogP contribution in [0.1, 0.15) is 0 Å². The van der Waals surface area contributed by atoms with Crippen LogP contribution >= 0.6 is 22.7 Å². The topological polar surface area (TPSA) is 0 Å². The predicted octanol–water partition coefficient (Wildman–Crippen LogP) is 3.28. The predicted molar refractivity (Wildman–Crippen MR) is 46.5 cm³/mol. The first-order chi connectivity index (χ1) is 4.97. The maximum Gasteiger partial charge on any atom is 0.0429 e. The lowest BCUT2D eigenvalue weighted by Gasteiger charge is -1.84. The SMILES string of the molecule is [c]1ccsc1-c1ccsc1. The molecule has 2 heteroatoms. The van der Waals surface area contributed by atoms with Crippen LogP contribution in [0, 0.1) is 6.07 Å². The van der Waals surface area contributed by atoms with Crippen molar-refractivity contribution in [2.45, 2.75) is 0 Å². The zero-order valence-corrected chi connectivity index (χ0v) is 6.84. The fraction of sp³-hybridized carbons (Fsp3) is 0. The number of rotatable bonds is 1. The normalized spacial score (nSPS) is 10.0. The first-order valence-corrected chi connectivity index (χ1v) is 4.77. The Hall–Kier alpha value is -0.600. The van der Waals surface area contributed by atoms with Crippen LogP contribution in [0.25, 0.3) is 10.4 Å². The van der Waals surface area contributed by atoms with Gasteiger partial charge in [-0.3, -0.25) is 0 Å². The van der Waals surface area contributed by atoms with Crippen molar-refractivity contribution in [1.82, 2.24) is 0 Å². The molecule has 0 bridgehead atoms. The number of thiophene rings is 2. The first-order valence-electron chi connectivity index (χ1n) is 2.94. The Kier molecular flexibility index (Phi) is 1.57. The van der Waals surface area contributed by atoms with Gasteiger partial charge in [-0.1, -0.05) is 0 Å². The highest BCUT2D eigenvalue weighted by molar-refractivity contribution is 7.14. The van der Waals surface area contributed by atoms with Gasteiger partial charge in [-0.25, -0.2) is 0 Å². The molecule has 0 aromatic carbocycles. The summed E-state index contributed by atoms with van der Waals surface area (Å²) < 4.78 is 0. The maximum atomic E-state index is 3.16. The fourth-order valence-corrected chi connectivity index (χ4v) is 2.18. The summed E-state index contributed by atoms with van der Waals surface area (Å²) in [5.41, 5.74) is 1.29. The molecule has 0 aliphatic carbocycles. The molecule has 0 aliphatic heterocycles. The van der Waals surface area contributed by atoms with Crippen molar-refractivity contribution in [1.29, 1.82) is 0 Å². The van der Waals surface area contributed by atoms with Gasteiger partial charge >= 0.3 is 0 Å². The molecule has 1 radical (unpaired) electrons. The fourth-order valence-electron chi connectivity index (χ4n) is 0.791. The van der Waals surface area contributed by atoms with Gasteiger partial charge in [0.05, 0.1) is 0 Å². The summed E-state index contributed by atoms with van der Waals surface area (Å²) in [6, 6.07) is 7.24. The molecule has 49 valence electrons. The van der Waals surface area contributed by atoms with Crippen LogP contribution in [0.2, 0.25) is 0 Å². The zero-order valence-electron chi connectivity index (χ0n) is 5.20. The minimum Gasteiger partial charge on any atom is -0.152 e. The average Bonchev–Trinajstić information content (AvgIpc) is 2.59. The molecule has 0 amide bonds. The van der Waals surface area contributed by atoms with E-state index >= 15 is 0 Å². The monoisotopic (exact) mass is 165 g/mol. The summed E-state index contributed by atoms with van der Waals surface area (Å²) in [6.07, 6.45) is 0. The second-order valence-electron chi connectivity index (χ2n) is 1.91. The number of hydrogen-bond donors (Lipinski definition) is 0. The molecule has 2 rings (SSSR count). The molecule has 2 aromatic heterocycles. The molecule has 10 heavy (non-hydrogen) atoms. The molecule has 0 fully saturated rings. The first kappa shape index (κ1) is 6.13. The second kappa shape index (κ2) is 2.56. The van der Waals surface area contributed by atoms with Gasteiger partial charge in [0, 0.05) is 16.5 Å². The molecule has 2 aromatic rings. The van der Waals surface area contributed by atoms with Crippen LogP contribution in [0.15, 0.2) is 28.3 Å². The van der Waals surface area contributed by atoms with E-state index in [1.807, 2.05) is 11.4 Å². The Balaban J connectivity index is 2.48. The Morgan fingerprint density at radius 3 is 2.90 bits per heavy atom. The Bertz CT molecular complexity index is 247. The largest absolute Gasteiger partial charge is 0.152 e. The van der Waals surface area contributed by atoms with Gasteiger partial charge < -0.3 is 0 Å². The van der Waals surface area contributed by atoms with Crippen LogP contribution in [0.4, 0.5) is 0 Å². The average molecular weight is 165 g/mol. The maximum absolute atomic E-state index is 3.16. The van der Waals surface area contributed by atoms with E-state index in [9.17, 15) is 0 Å². The second-order valence-corrected chi connectivity index (χ2v) is 3.60. The Morgan fingerprint density at radius 1 is 1.30 bits per heavy atom. The van der Waals surface area contributed by atoms with Gasteiger partial charge in [-0.15, -0.1) is 11.3 Å². The summed E-state index contributed by atoms with van der Waals surface area (Å²) in [6.45, 7) is 0. The third-order valence-corrected chi connectivity index (χ3v) is 2.80. The molecular formula is C8H5S2. The molecule has 0 N–H and O–H groups in total. The van der Waals surface area contributed by atoms with Gasteiger partial charge in [0.1, 0.15) is 0 Å². The molecule has 0 nitrogen and oxygen atoms in total. The van der Waals surface area contributed by atoms with E-state index in [-0.39, 0.29) is 0 Å². The van der Waals surface area contributed by atoms with Crippen LogP contribution in [-0.2, 0) is 0 Å². The third-order valence-electron chi connectivity index (χ3n) is 1.25. The molecule has 0 aliphatic rings. The van der Waals surface area contributed by atoms with E-state index in [1.54, 1.807) is 22.7 Å². The summed E-state index contributed by atoms with van der Waals surface area (Å²) in [4.78, 5) is 1.24. The van der Waals surface area contributed by atoms with Crippen LogP contribution < -0.4 is 0 Å².